The van der Waals surface area contributed by atoms with Gasteiger partial charge in [-0.1, -0.05) is 30.3 Å². The number of nitrogens with two attached hydrogens (primary N) is 1. The molecule has 2 aromatic carbocycles. The van der Waals surface area contributed by atoms with Crippen LogP contribution in [0.3, 0.4) is 0 Å². The van der Waals surface area contributed by atoms with E-state index in [1.165, 1.54) is 16.7 Å². The summed E-state index contributed by atoms with van der Waals surface area (Å²) in [7, 11) is 1.59. The summed E-state index contributed by atoms with van der Waals surface area (Å²) in [6.45, 7) is 1.66. The number of hydrogen-bond acceptors (Lipinski definition) is 3. The Morgan fingerprint density at radius 1 is 1.07 bits per heavy atom. The number of carbonyl (C=O) groups excluding carboxylic acids is 2. The minimum absolute atomic E-state index is 0.00572. The van der Waals surface area contributed by atoms with E-state index in [-0.39, 0.29) is 17.2 Å². The molecule has 0 fully saturated rings. The maximum absolute atomic E-state index is 12.8. The van der Waals surface area contributed by atoms with E-state index >= 15 is 0 Å². The van der Waals surface area contributed by atoms with Crippen LogP contribution in [0.2, 0.25) is 0 Å². The van der Waals surface area contributed by atoms with Gasteiger partial charge in [-0.05, 0) is 36.2 Å². The van der Waals surface area contributed by atoms with Gasteiger partial charge < -0.3 is 15.6 Å². The summed E-state index contributed by atoms with van der Waals surface area (Å²) in [6, 6.07) is 11.1. The quantitative estimate of drug-likeness (QED) is 0.696. The van der Waals surface area contributed by atoms with Crippen LogP contribution >= 0.6 is 0 Å². The number of nitrogens with one attached hydrogen (secondary N) is 1. The Morgan fingerprint density at radius 3 is 2.24 bits per heavy atom. The molecule has 29 heavy (non-hydrogen) atoms. The zero-order chi connectivity index (χ0) is 21.3. The van der Waals surface area contributed by atoms with E-state index in [1.807, 2.05) is 0 Å². The predicted octanol–water partition coefficient (Wildman–Crippen LogP) is 3.77. The van der Waals surface area contributed by atoms with Gasteiger partial charge in [-0.25, -0.2) is 4.98 Å². The van der Waals surface area contributed by atoms with Gasteiger partial charge in [0, 0.05) is 12.6 Å². The van der Waals surface area contributed by atoms with Crippen molar-refractivity contribution in [3.63, 3.8) is 0 Å². The van der Waals surface area contributed by atoms with E-state index in [0.29, 0.717) is 16.8 Å². The van der Waals surface area contributed by atoms with Gasteiger partial charge in [0.2, 0.25) is 5.82 Å². The van der Waals surface area contributed by atoms with Crippen LogP contribution in [0.15, 0.2) is 48.5 Å². The van der Waals surface area contributed by atoms with Crippen molar-refractivity contribution in [3.05, 3.63) is 71.2 Å². The zero-order valence-electron chi connectivity index (χ0n) is 15.5. The van der Waals surface area contributed by atoms with E-state index in [9.17, 15) is 22.8 Å². The first-order valence-electron chi connectivity index (χ1n) is 8.50. The standard InChI is InChI=1S/C20H17F3N4O2/c1-11-17(25-18(16(24)28)27(11)2)26-19(29)15-6-4-3-5-14(15)12-7-9-13(10-8-12)20(21,22)23/h3-10H,1-2H3,(H2,24,28)(H,26,29). The van der Waals surface area contributed by atoms with Gasteiger partial charge in [0.25, 0.3) is 11.8 Å². The highest BCUT2D eigenvalue weighted by atomic mass is 19.4. The lowest BCUT2D eigenvalue weighted by Gasteiger charge is -2.11. The molecule has 150 valence electrons. The van der Waals surface area contributed by atoms with Gasteiger partial charge in [0.05, 0.1) is 11.3 Å². The van der Waals surface area contributed by atoms with Crippen LogP contribution in [0.4, 0.5) is 19.0 Å². The van der Waals surface area contributed by atoms with Crippen LogP contribution in [-0.4, -0.2) is 21.4 Å². The third-order valence-electron chi connectivity index (χ3n) is 4.53. The monoisotopic (exact) mass is 402 g/mol. The van der Waals surface area contributed by atoms with E-state index in [4.69, 9.17) is 5.73 Å². The molecule has 1 heterocycles. The van der Waals surface area contributed by atoms with Gasteiger partial charge >= 0.3 is 6.18 Å². The fraction of sp³-hybridized carbons (Fsp3) is 0.150. The Hall–Kier alpha value is -3.62. The first kappa shape index (κ1) is 20.1. The fourth-order valence-corrected chi connectivity index (χ4v) is 2.86. The number of primary amides is 1. The Balaban J connectivity index is 1.94. The van der Waals surface area contributed by atoms with E-state index in [2.05, 4.69) is 10.3 Å². The second-order valence-corrected chi connectivity index (χ2v) is 6.37. The molecule has 0 aliphatic carbocycles. The number of aromatic nitrogens is 2. The molecule has 0 saturated carbocycles. The minimum atomic E-state index is -4.44. The van der Waals surface area contributed by atoms with Crippen molar-refractivity contribution >= 4 is 17.6 Å². The maximum Gasteiger partial charge on any atom is 0.416 e. The molecular formula is C20H17F3N4O2. The number of anilines is 1. The molecule has 3 rings (SSSR count). The smallest absolute Gasteiger partial charge is 0.363 e. The van der Waals surface area contributed by atoms with Crippen molar-refractivity contribution in [2.75, 3.05) is 5.32 Å². The number of alkyl halides is 3. The summed E-state index contributed by atoms with van der Waals surface area (Å²) in [5.74, 6) is -1.08. The maximum atomic E-state index is 12.8. The number of amides is 2. The molecule has 0 saturated heterocycles. The van der Waals surface area contributed by atoms with Gasteiger partial charge in [0.15, 0.2) is 5.82 Å². The van der Waals surface area contributed by atoms with Crippen molar-refractivity contribution in [2.24, 2.45) is 12.8 Å². The lowest BCUT2D eigenvalue weighted by Crippen LogP contribution is -2.17. The first-order chi connectivity index (χ1) is 13.6. The van der Waals surface area contributed by atoms with Crippen LogP contribution in [-0.2, 0) is 13.2 Å². The molecule has 6 nitrogen and oxygen atoms in total. The highest BCUT2D eigenvalue weighted by Crippen LogP contribution is 2.32. The Kier molecular flexibility index (Phi) is 5.15. The molecule has 0 radical (unpaired) electrons. The lowest BCUT2D eigenvalue weighted by molar-refractivity contribution is -0.137. The van der Waals surface area contributed by atoms with Crippen LogP contribution in [0.5, 0.6) is 0 Å². The van der Waals surface area contributed by atoms with Crippen LogP contribution in [0.25, 0.3) is 11.1 Å². The Bertz CT molecular complexity index is 1090. The van der Waals surface area contributed by atoms with E-state index < -0.39 is 23.6 Å². The lowest BCUT2D eigenvalue weighted by atomic mass is 9.98. The first-order valence-corrected chi connectivity index (χ1v) is 8.50. The fourth-order valence-electron chi connectivity index (χ4n) is 2.86. The normalized spacial score (nSPS) is 11.3. The third kappa shape index (κ3) is 3.98. The van der Waals surface area contributed by atoms with E-state index in [0.717, 1.165) is 12.1 Å². The number of imidazole rings is 1. The Labute approximate surface area is 164 Å². The SMILES string of the molecule is Cc1c(NC(=O)c2ccccc2-c2ccc(C(F)(F)F)cc2)nc(C(N)=O)n1C. The largest absolute Gasteiger partial charge is 0.416 e. The average Bonchev–Trinajstić information content (AvgIpc) is 2.96. The molecule has 3 aromatic rings. The number of carbonyl (C=O) groups is 2. The van der Waals surface area contributed by atoms with Gasteiger partial charge in [-0.3, -0.25) is 9.59 Å². The molecule has 3 N–H and O–H groups in total. The van der Waals surface area contributed by atoms with Gasteiger partial charge in [-0.15, -0.1) is 0 Å². The summed E-state index contributed by atoms with van der Waals surface area (Å²) in [5, 5.41) is 2.63. The molecule has 0 spiro atoms. The van der Waals surface area contributed by atoms with Gasteiger partial charge in [0.1, 0.15) is 0 Å². The summed E-state index contributed by atoms with van der Waals surface area (Å²) >= 11 is 0. The number of benzene rings is 2. The van der Waals surface area contributed by atoms with Crippen molar-refractivity contribution in [1.82, 2.24) is 9.55 Å². The molecule has 1 aromatic heterocycles. The number of nitrogens with zero attached hydrogens (tertiary/aromatic N) is 2. The summed E-state index contributed by atoms with van der Waals surface area (Å²) < 4.78 is 39.8. The molecule has 2 amide bonds. The average molecular weight is 402 g/mol. The molecular weight excluding hydrogens is 385 g/mol. The van der Waals surface area contributed by atoms with Crippen molar-refractivity contribution < 1.29 is 22.8 Å². The highest BCUT2D eigenvalue weighted by Gasteiger charge is 2.30. The molecule has 0 unspecified atom stereocenters. The van der Waals surface area contributed by atoms with Crippen LogP contribution in [0.1, 0.15) is 32.2 Å². The predicted molar refractivity (Wildman–Crippen MR) is 101 cm³/mol. The van der Waals surface area contributed by atoms with Gasteiger partial charge in [-0.2, -0.15) is 13.2 Å². The second kappa shape index (κ2) is 7.42. The number of hydrogen-bond donors (Lipinski definition) is 2. The second-order valence-electron chi connectivity index (χ2n) is 6.37. The number of halogens is 3. The van der Waals surface area contributed by atoms with Crippen molar-refractivity contribution in [1.29, 1.82) is 0 Å². The van der Waals surface area contributed by atoms with Crippen molar-refractivity contribution in [2.45, 2.75) is 13.1 Å². The number of rotatable bonds is 4. The molecule has 0 aliphatic rings. The van der Waals surface area contributed by atoms with E-state index in [1.54, 1.807) is 38.2 Å². The molecule has 9 heteroatoms. The highest BCUT2D eigenvalue weighted by molar-refractivity contribution is 6.08. The molecule has 0 aliphatic heterocycles. The summed E-state index contributed by atoms with van der Waals surface area (Å²) in [4.78, 5) is 28.3. The van der Waals surface area contributed by atoms with Crippen LogP contribution in [0, 0.1) is 6.92 Å². The topological polar surface area (TPSA) is 90.0 Å². The van der Waals surface area contributed by atoms with Crippen molar-refractivity contribution in [3.8, 4) is 11.1 Å². The zero-order valence-corrected chi connectivity index (χ0v) is 15.5. The third-order valence-corrected chi connectivity index (χ3v) is 4.53. The van der Waals surface area contributed by atoms with Crippen LogP contribution < -0.4 is 11.1 Å². The molecule has 0 atom stereocenters. The summed E-state index contributed by atoms with van der Waals surface area (Å²) in [6.07, 6.45) is -4.44. The Morgan fingerprint density at radius 2 is 1.69 bits per heavy atom. The molecule has 0 bridgehead atoms. The minimum Gasteiger partial charge on any atom is -0.363 e. The summed E-state index contributed by atoms with van der Waals surface area (Å²) in [5.41, 5.74) is 6.19.